The number of piperidine rings is 3. The zero-order valence-electron chi connectivity index (χ0n) is 16.6. The lowest BCUT2D eigenvalue weighted by Crippen LogP contribution is -2.58. The van der Waals surface area contributed by atoms with Gasteiger partial charge in [0.15, 0.2) is 0 Å². The van der Waals surface area contributed by atoms with E-state index in [1.165, 1.54) is 41.4 Å². The SMILES string of the molecule is COC(=O)[C@H]1[C@@H]2C[C@@H]3CC[C@H]1N3C/C2=C\c1ccc(-c2ccc(C)cc2)cc1. The van der Waals surface area contributed by atoms with Crippen LogP contribution in [0.5, 0.6) is 0 Å². The Morgan fingerprint density at radius 2 is 1.71 bits per heavy atom. The average molecular weight is 373 g/mol. The van der Waals surface area contributed by atoms with Crippen molar-refractivity contribution in [1.82, 2.24) is 4.90 Å². The largest absolute Gasteiger partial charge is 0.469 e. The van der Waals surface area contributed by atoms with Gasteiger partial charge in [-0.05, 0) is 48.8 Å². The summed E-state index contributed by atoms with van der Waals surface area (Å²) in [5.41, 5.74) is 6.38. The monoisotopic (exact) mass is 373 g/mol. The molecule has 4 aliphatic rings. The summed E-state index contributed by atoms with van der Waals surface area (Å²) in [4.78, 5) is 15.1. The Kier molecular flexibility index (Phi) is 4.36. The van der Waals surface area contributed by atoms with Gasteiger partial charge in [-0.2, -0.15) is 0 Å². The van der Waals surface area contributed by atoms with Crippen molar-refractivity contribution in [1.29, 1.82) is 0 Å². The first-order chi connectivity index (χ1) is 13.6. The molecule has 144 valence electrons. The second kappa shape index (κ2) is 6.89. The highest BCUT2D eigenvalue weighted by Gasteiger charge is 2.55. The lowest BCUT2D eigenvalue weighted by Gasteiger charge is -2.50. The average Bonchev–Trinajstić information content (AvgIpc) is 3.03. The third kappa shape index (κ3) is 2.89. The topological polar surface area (TPSA) is 29.5 Å². The second-order valence-corrected chi connectivity index (χ2v) is 8.57. The van der Waals surface area contributed by atoms with E-state index in [4.69, 9.17) is 4.74 Å². The molecule has 6 rings (SSSR count). The summed E-state index contributed by atoms with van der Waals surface area (Å²) < 4.78 is 5.17. The van der Waals surface area contributed by atoms with Crippen molar-refractivity contribution >= 4 is 12.0 Å². The molecule has 5 atom stereocenters. The molecule has 0 saturated carbocycles. The highest BCUT2D eigenvalue weighted by atomic mass is 16.5. The van der Waals surface area contributed by atoms with Gasteiger partial charge in [0.25, 0.3) is 0 Å². The molecule has 3 nitrogen and oxygen atoms in total. The van der Waals surface area contributed by atoms with Crippen LogP contribution < -0.4 is 0 Å². The van der Waals surface area contributed by atoms with Crippen molar-refractivity contribution in [2.75, 3.05) is 13.7 Å². The van der Waals surface area contributed by atoms with Crippen molar-refractivity contribution in [2.45, 2.75) is 38.3 Å². The molecule has 4 heterocycles. The maximum atomic E-state index is 12.5. The van der Waals surface area contributed by atoms with Crippen LogP contribution in [0.4, 0.5) is 0 Å². The molecule has 0 spiro atoms. The number of carbonyl (C=O) groups is 1. The fourth-order valence-corrected chi connectivity index (χ4v) is 5.61. The first kappa shape index (κ1) is 17.7. The number of hydrogen-bond donors (Lipinski definition) is 0. The smallest absolute Gasteiger partial charge is 0.310 e. The van der Waals surface area contributed by atoms with Gasteiger partial charge in [0.2, 0.25) is 0 Å². The standard InChI is InChI=1S/C25H27NO2/c1-16-3-7-18(8-4-16)19-9-5-17(6-10-19)13-20-15-26-21-11-12-23(26)24(22(20)14-21)25(27)28-2/h3-10,13,21-24H,11-12,14-15H2,1-2H3/b20-13+/t21-,22+,23+,24-/m0/s1. The van der Waals surface area contributed by atoms with Crippen molar-refractivity contribution in [2.24, 2.45) is 11.8 Å². The van der Waals surface area contributed by atoms with E-state index < -0.39 is 0 Å². The van der Waals surface area contributed by atoms with E-state index in [1.54, 1.807) is 0 Å². The molecule has 2 aromatic rings. The lowest BCUT2D eigenvalue weighted by atomic mass is 9.71. The summed E-state index contributed by atoms with van der Waals surface area (Å²) in [6.07, 6.45) is 5.78. The minimum absolute atomic E-state index is 0.00980. The van der Waals surface area contributed by atoms with Crippen molar-refractivity contribution in [3.05, 3.63) is 65.2 Å². The number of fused-ring (bicyclic) bond motifs is 1. The van der Waals surface area contributed by atoms with Crippen molar-refractivity contribution < 1.29 is 9.53 Å². The number of nitrogens with zero attached hydrogens (tertiary/aromatic N) is 1. The van der Waals surface area contributed by atoms with Crippen LogP contribution in [0.1, 0.15) is 30.4 Å². The Bertz CT molecular complexity index is 913. The highest BCUT2D eigenvalue weighted by molar-refractivity contribution is 5.76. The summed E-state index contributed by atoms with van der Waals surface area (Å²) >= 11 is 0. The Morgan fingerprint density at radius 1 is 1.04 bits per heavy atom. The predicted octanol–water partition coefficient (Wildman–Crippen LogP) is 4.70. The van der Waals surface area contributed by atoms with Gasteiger partial charge >= 0.3 is 5.97 Å². The number of rotatable bonds is 3. The lowest BCUT2D eigenvalue weighted by molar-refractivity contribution is -0.153. The van der Waals surface area contributed by atoms with Crippen LogP contribution >= 0.6 is 0 Å². The Balaban J connectivity index is 1.41. The molecular formula is C25H27NO2. The number of aryl methyl sites for hydroxylation is 1. The van der Waals surface area contributed by atoms with Crippen LogP contribution in [0.25, 0.3) is 17.2 Å². The Hall–Kier alpha value is -2.39. The summed E-state index contributed by atoms with van der Waals surface area (Å²) in [6.45, 7) is 3.12. The number of hydrogen-bond acceptors (Lipinski definition) is 3. The molecule has 4 aliphatic heterocycles. The van der Waals surface area contributed by atoms with E-state index in [0.29, 0.717) is 18.0 Å². The fraction of sp³-hybridized carbons (Fsp3) is 0.400. The molecule has 4 fully saturated rings. The molecule has 0 aliphatic carbocycles. The summed E-state index contributed by atoms with van der Waals surface area (Å²) in [7, 11) is 1.53. The molecule has 1 unspecified atom stereocenters. The molecular weight excluding hydrogens is 346 g/mol. The number of benzene rings is 2. The minimum atomic E-state index is -0.0272. The van der Waals surface area contributed by atoms with Gasteiger partial charge in [0, 0.05) is 18.6 Å². The van der Waals surface area contributed by atoms with Crippen LogP contribution in [-0.2, 0) is 9.53 Å². The molecule has 0 N–H and O–H groups in total. The highest BCUT2D eigenvalue weighted by Crippen LogP contribution is 2.50. The van der Waals surface area contributed by atoms with Gasteiger partial charge in [-0.15, -0.1) is 0 Å². The molecule has 0 aromatic heterocycles. The van der Waals surface area contributed by atoms with Gasteiger partial charge in [-0.3, -0.25) is 9.69 Å². The Labute approximate surface area is 167 Å². The minimum Gasteiger partial charge on any atom is -0.469 e. The van der Waals surface area contributed by atoms with Gasteiger partial charge in [0.1, 0.15) is 0 Å². The third-order valence-electron chi connectivity index (χ3n) is 7.03. The molecule has 0 amide bonds. The zero-order chi connectivity index (χ0) is 19.3. The molecule has 4 saturated heterocycles. The summed E-state index contributed by atoms with van der Waals surface area (Å²) in [5.74, 6) is 0.322. The van der Waals surface area contributed by atoms with Gasteiger partial charge in [0.05, 0.1) is 13.0 Å². The quantitative estimate of drug-likeness (QED) is 0.731. The van der Waals surface area contributed by atoms with Crippen LogP contribution in [0.3, 0.4) is 0 Å². The van der Waals surface area contributed by atoms with Gasteiger partial charge in [-0.25, -0.2) is 0 Å². The van der Waals surface area contributed by atoms with Gasteiger partial charge in [-0.1, -0.05) is 65.7 Å². The number of esters is 1. The number of carbonyl (C=O) groups excluding carboxylic acids is 1. The van der Waals surface area contributed by atoms with E-state index in [1.807, 2.05) is 0 Å². The van der Waals surface area contributed by atoms with E-state index >= 15 is 0 Å². The van der Waals surface area contributed by atoms with Crippen LogP contribution in [-0.4, -0.2) is 36.6 Å². The molecule has 3 heteroatoms. The van der Waals surface area contributed by atoms with Crippen molar-refractivity contribution in [3.8, 4) is 11.1 Å². The first-order valence-electron chi connectivity index (χ1n) is 10.3. The van der Waals surface area contributed by atoms with E-state index in [-0.39, 0.29) is 11.9 Å². The third-order valence-corrected chi connectivity index (χ3v) is 7.03. The maximum Gasteiger partial charge on any atom is 0.310 e. The normalized spacial score (nSPS) is 31.9. The molecule has 0 radical (unpaired) electrons. The molecule has 4 bridgehead atoms. The van der Waals surface area contributed by atoms with E-state index in [9.17, 15) is 4.79 Å². The summed E-state index contributed by atoms with van der Waals surface area (Å²) in [6, 6.07) is 18.5. The Morgan fingerprint density at radius 3 is 2.39 bits per heavy atom. The number of ether oxygens (including phenoxy) is 1. The first-order valence-corrected chi connectivity index (χ1v) is 10.3. The van der Waals surface area contributed by atoms with Crippen LogP contribution in [0.2, 0.25) is 0 Å². The van der Waals surface area contributed by atoms with Crippen molar-refractivity contribution in [3.63, 3.8) is 0 Å². The summed E-state index contributed by atoms with van der Waals surface area (Å²) in [5, 5.41) is 0. The predicted molar refractivity (Wildman–Crippen MR) is 112 cm³/mol. The van der Waals surface area contributed by atoms with E-state index in [2.05, 4.69) is 66.4 Å². The fourth-order valence-electron chi connectivity index (χ4n) is 5.61. The number of methoxy groups -OCH3 is 1. The van der Waals surface area contributed by atoms with E-state index in [0.717, 1.165) is 19.4 Å². The zero-order valence-corrected chi connectivity index (χ0v) is 16.6. The van der Waals surface area contributed by atoms with Gasteiger partial charge < -0.3 is 4.74 Å². The molecule has 2 aromatic carbocycles. The second-order valence-electron chi connectivity index (χ2n) is 8.57. The van der Waals surface area contributed by atoms with Crippen LogP contribution in [0.15, 0.2) is 54.1 Å². The molecule has 28 heavy (non-hydrogen) atoms. The van der Waals surface area contributed by atoms with Crippen LogP contribution in [0, 0.1) is 18.8 Å². The maximum absolute atomic E-state index is 12.5.